The monoisotopic (exact) mass is 255 g/mol. The van der Waals surface area contributed by atoms with E-state index in [1.807, 2.05) is 24.3 Å². The first-order chi connectivity index (χ1) is 9.20. The van der Waals surface area contributed by atoms with Gasteiger partial charge in [-0.2, -0.15) is 0 Å². The Morgan fingerprint density at radius 2 is 1.89 bits per heavy atom. The van der Waals surface area contributed by atoms with E-state index >= 15 is 0 Å². The SMILES string of the molecule is COc1ccc2c(c1)Oc1ccccc1C(=O)N2C. The van der Waals surface area contributed by atoms with Crippen molar-refractivity contribution >= 4 is 11.6 Å². The molecule has 2 aromatic carbocycles. The van der Waals surface area contributed by atoms with Crippen LogP contribution in [0.15, 0.2) is 42.5 Å². The summed E-state index contributed by atoms with van der Waals surface area (Å²) in [5.74, 6) is 1.78. The molecule has 0 aromatic heterocycles. The van der Waals surface area contributed by atoms with E-state index in [4.69, 9.17) is 9.47 Å². The van der Waals surface area contributed by atoms with Gasteiger partial charge >= 0.3 is 0 Å². The molecule has 0 spiro atoms. The molecule has 0 radical (unpaired) electrons. The van der Waals surface area contributed by atoms with Crippen molar-refractivity contribution in [2.45, 2.75) is 0 Å². The molecule has 2 aromatic rings. The second kappa shape index (κ2) is 4.31. The van der Waals surface area contributed by atoms with Crippen LogP contribution < -0.4 is 14.4 Å². The smallest absolute Gasteiger partial charge is 0.261 e. The maximum Gasteiger partial charge on any atom is 0.261 e. The molecule has 0 fully saturated rings. The molecule has 1 amide bonds. The summed E-state index contributed by atoms with van der Waals surface area (Å²) in [6.45, 7) is 0. The highest BCUT2D eigenvalue weighted by Crippen LogP contribution is 2.39. The molecule has 1 heterocycles. The summed E-state index contributed by atoms with van der Waals surface area (Å²) >= 11 is 0. The molecule has 0 bridgehead atoms. The second-order valence-electron chi connectivity index (χ2n) is 4.30. The summed E-state index contributed by atoms with van der Waals surface area (Å²) in [6, 6.07) is 12.6. The van der Waals surface area contributed by atoms with Gasteiger partial charge in [0.25, 0.3) is 5.91 Å². The van der Waals surface area contributed by atoms with Crippen LogP contribution in [0.2, 0.25) is 0 Å². The summed E-state index contributed by atoms with van der Waals surface area (Å²) in [5.41, 5.74) is 1.28. The Morgan fingerprint density at radius 3 is 2.68 bits per heavy atom. The number of rotatable bonds is 1. The zero-order valence-corrected chi connectivity index (χ0v) is 10.7. The quantitative estimate of drug-likeness (QED) is 0.786. The Hall–Kier alpha value is -2.49. The zero-order chi connectivity index (χ0) is 13.4. The van der Waals surface area contributed by atoms with Crippen molar-refractivity contribution in [3.63, 3.8) is 0 Å². The Kier molecular flexibility index (Phi) is 2.63. The number of ether oxygens (including phenoxy) is 2. The Labute approximate surface area is 111 Å². The summed E-state index contributed by atoms with van der Waals surface area (Å²) in [5, 5.41) is 0. The van der Waals surface area contributed by atoms with E-state index < -0.39 is 0 Å². The lowest BCUT2D eigenvalue weighted by Gasteiger charge is -2.16. The van der Waals surface area contributed by atoms with Gasteiger partial charge in [-0.05, 0) is 24.3 Å². The first-order valence-electron chi connectivity index (χ1n) is 5.93. The largest absolute Gasteiger partial charge is 0.497 e. The summed E-state index contributed by atoms with van der Waals surface area (Å²) < 4.78 is 11.0. The van der Waals surface area contributed by atoms with Crippen LogP contribution in [-0.2, 0) is 0 Å². The molecule has 0 aliphatic carbocycles. The molecular weight excluding hydrogens is 242 g/mol. The lowest BCUT2D eigenvalue weighted by molar-refractivity contribution is 0.0993. The van der Waals surface area contributed by atoms with E-state index in [0.717, 1.165) is 5.69 Å². The average Bonchev–Trinajstić information content (AvgIpc) is 2.55. The third-order valence-electron chi connectivity index (χ3n) is 3.17. The van der Waals surface area contributed by atoms with E-state index in [1.54, 1.807) is 37.3 Å². The number of para-hydroxylation sites is 1. The number of carbonyl (C=O) groups excluding carboxylic acids is 1. The van der Waals surface area contributed by atoms with Gasteiger partial charge in [-0.15, -0.1) is 0 Å². The minimum atomic E-state index is -0.0838. The molecule has 0 N–H and O–H groups in total. The van der Waals surface area contributed by atoms with Crippen molar-refractivity contribution in [2.24, 2.45) is 0 Å². The van der Waals surface area contributed by atoms with Crippen molar-refractivity contribution in [1.29, 1.82) is 0 Å². The number of hydrogen-bond acceptors (Lipinski definition) is 3. The third kappa shape index (κ3) is 1.81. The van der Waals surface area contributed by atoms with Crippen molar-refractivity contribution in [1.82, 2.24) is 0 Å². The fourth-order valence-electron chi connectivity index (χ4n) is 2.12. The van der Waals surface area contributed by atoms with E-state index in [1.165, 1.54) is 0 Å². The van der Waals surface area contributed by atoms with Crippen LogP contribution in [0.3, 0.4) is 0 Å². The molecule has 3 rings (SSSR count). The van der Waals surface area contributed by atoms with E-state index in [9.17, 15) is 4.79 Å². The predicted molar refractivity (Wildman–Crippen MR) is 72.2 cm³/mol. The van der Waals surface area contributed by atoms with Crippen LogP contribution in [0.5, 0.6) is 17.2 Å². The fourth-order valence-corrected chi connectivity index (χ4v) is 2.12. The highest BCUT2D eigenvalue weighted by atomic mass is 16.5. The molecule has 4 nitrogen and oxygen atoms in total. The molecule has 1 aliphatic rings. The molecule has 0 atom stereocenters. The lowest BCUT2D eigenvalue weighted by Crippen LogP contribution is -2.25. The zero-order valence-electron chi connectivity index (χ0n) is 10.7. The first-order valence-corrected chi connectivity index (χ1v) is 5.93. The molecule has 0 saturated heterocycles. The maximum absolute atomic E-state index is 12.4. The normalized spacial score (nSPS) is 13.2. The van der Waals surface area contributed by atoms with Gasteiger partial charge in [-0.1, -0.05) is 12.1 Å². The maximum atomic E-state index is 12.4. The Bertz CT molecular complexity index is 652. The third-order valence-corrected chi connectivity index (χ3v) is 3.17. The highest BCUT2D eigenvalue weighted by molar-refractivity contribution is 6.09. The van der Waals surface area contributed by atoms with E-state index in [0.29, 0.717) is 22.8 Å². The fraction of sp³-hybridized carbons (Fsp3) is 0.133. The molecule has 4 heteroatoms. The summed E-state index contributed by atoms with van der Waals surface area (Å²) in [7, 11) is 3.33. The van der Waals surface area contributed by atoms with Gasteiger partial charge in [0.05, 0.1) is 18.4 Å². The molecule has 1 aliphatic heterocycles. The molecule has 96 valence electrons. The van der Waals surface area contributed by atoms with Crippen LogP contribution in [0.1, 0.15) is 10.4 Å². The number of benzene rings is 2. The van der Waals surface area contributed by atoms with Gasteiger partial charge in [0.15, 0.2) is 5.75 Å². The van der Waals surface area contributed by atoms with Gasteiger partial charge in [-0.3, -0.25) is 4.79 Å². The van der Waals surface area contributed by atoms with Crippen LogP contribution in [0.4, 0.5) is 5.69 Å². The van der Waals surface area contributed by atoms with Gasteiger partial charge in [0, 0.05) is 13.1 Å². The van der Waals surface area contributed by atoms with Crippen LogP contribution >= 0.6 is 0 Å². The van der Waals surface area contributed by atoms with Crippen molar-refractivity contribution in [3.8, 4) is 17.2 Å². The van der Waals surface area contributed by atoms with Crippen LogP contribution in [-0.4, -0.2) is 20.1 Å². The molecule has 0 saturated carbocycles. The average molecular weight is 255 g/mol. The minimum Gasteiger partial charge on any atom is -0.497 e. The lowest BCUT2D eigenvalue weighted by atomic mass is 10.2. The number of fused-ring (bicyclic) bond motifs is 2. The van der Waals surface area contributed by atoms with Gasteiger partial charge < -0.3 is 14.4 Å². The summed E-state index contributed by atoms with van der Waals surface area (Å²) in [6.07, 6.45) is 0. The van der Waals surface area contributed by atoms with Crippen LogP contribution in [0.25, 0.3) is 0 Å². The molecular formula is C15H13NO3. The Balaban J connectivity index is 2.19. The number of hydrogen-bond donors (Lipinski definition) is 0. The van der Waals surface area contributed by atoms with Gasteiger partial charge in [0.2, 0.25) is 0 Å². The topological polar surface area (TPSA) is 38.8 Å². The van der Waals surface area contributed by atoms with Crippen LogP contribution in [0, 0.1) is 0 Å². The van der Waals surface area contributed by atoms with Crippen molar-refractivity contribution < 1.29 is 14.3 Å². The number of anilines is 1. The highest BCUT2D eigenvalue weighted by Gasteiger charge is 2.25. The van der Waals surface area contributed by atoms with Crippen molar-refractivity contribution in [2.75, 3.05) is 19.1 Å². The predicted octanol–water partition coefficient (Wildman–Crippen LogP) is 3.08. The molecule has 19 heavy (non-hydrogen) atoms. The number of methoxy groups -OCH3 is 1. The standard InChI is InChI=1S/C15H13NO3/c1-16-12-8-7-10(18-2)9-14(12)19-13-6-4-3-5-11(13)15(16)17/h3-9H,1-2H3. The summed E-state index contributed by atoms with van der Waals surface area (Å²) in [4.78, 5) is 14.0. The van der Waals surface area contributed by atoms with Crippen molar-refractivity contribution in [3.05, 3.63) is 48.0 Å². The number of nitrogens with zero attached hydrogens (tertiary/aromatic N) is 1. The van der Waals surface area contributed by atoms with E-state index in [-0.39, 0.29) is 5.91 Å². The number of amides is 1. The second-order valence-corrected chi connectivity index (χ2v) is 4.30. The minimum absolute atomic E-state index is 0.0838. The van der Waals surface area contributed by atoms with Gasteiger partial charge in [-0.25, -0.2) is 0 Å². The first kappa shape index (κ1) is 11.6. The molecule has 0 unspecified atom stereocenters. The Morgan fingerprint density at radius 1 is 1.11 bits per heavy atom. The van der Waals surface area contributed by atoms with Gasteiger partial charge in [0.1, 0.15) is 11.5 Å². The van der Waals surface area contributed by atoms with E-state index in [2.05, 4.69) is 0 Å². The number of carbonyl (C=O) groups is 1.